The number of halogens is 1. The van der Waals surface area contributed by atoms with Crippen LogP contribution >= 0.6 is 15.9 Å². The maximum Gasteiger partial charge on any atom is 0.410 e. The summed E-state index contributed by atoms with van der Waals surface area (Å²) in [5, 5.41) is 3.51. The van der Waals surface area contributed by atoms with Crippen LogP contribution in [-0.2, 0) is 10.3 Å². The fraction of sp³-hybridized carbons (Fsp3) is 0.562. The van der Waals surface area contributed by atoms with E-state index in [9.17, 15) is 4.79 Å². The SMILES string of the molecule is CC(C)(C)OC(=O)N1CCN[C@](C)(c2ccc(Br)cc2)C1. The van der Waals surface area contributed by atoms with Crippen molar-refractivity contribution >= 4 is 22.0 Å². The quantitative estimate of drug-likeness (QED) is 0.838. The molecule has 0 spiro atoms. The molecule has 0 saturated carbocycles. The molecule has 1 N–H and O–H groups in total. The fourth-order valence-corrected chi connectivity index (χ4v) is 2.74. The summed E-state index contributed by atoms with van der Waals surface area (Å²) >= 11 is 3.45. The highest BCUT2D eigenvalue weighted by molar-refractivity contribution is 9.10. The van der Waals surface area contributed by atoms with Crippen LogP contribution in [-0.4, -0.2) is 36.2 Å². The van der Waals surface area contributed by atoms with Gasteiger partial charge in [0.1, 0.15) is 5.60 Å². The van der Waals surface area contributed by atoms with Gasteiger partial charge < -0.3 is 15.0 Å². The highest BCUT2D eigenvalue weighted by atomic mass is 79.9. The summed E-state index contributed by atoms with van der Waals surface area (Å²) in [7, 11) is 0. The van der Waals surface area contributed by atoms with Gasteiger partial charge in [0.05, 0.1) is 5.54 Å². The lowest BCUT2D eigenvalue weighted by atomic mass is 9.90. The van der Waals surface area contributed by atoms with Crippen molar-refractivity contribution in [3.05, 3.63) is 34.3 Å². The van der Waals surface area contributed by atoms with E-state index in [2.05, 4.69) is 40.3 Å². The number of ether oxygens (including phenoxy) is 1. The molecule has 0 bridgehead atoms. The first-order valence-electron chi connectivity index (χ1n) is 7.19. The minimum atomic E-state index is -0.462. The zero-order valence-corrected chi connectivity index (χ0v) is 14.7. The molecule has 5 heteroatoms. The molecule has 0 unspecified atom stereocenters. The van der Waals surface area contributed by atoms with Crippen LogP contribution in [0.4, 0.5) is 4.79 Å². The Morgan fingerprint density at radius 2 is 1.95 bits per heavy atom. The molecule has 1 aliphatic rings. The molecule has 1 aliphatic heterocycles. The number of amides is 1. The molecule has 21 heavy (non-hydrogen) atoms. The number of carbonyl (C=O) groups excluding carboxylic acids is 1. The van der Waals surface area contributed by atoms with Crippen LogP contribution in [0.3, 0.4) is 0 Å². The Labute approximate surface area is 135 Å². The van der Waals surface area contributed by atoms with Crippen molar-refractivity contribution in [3.63, 3.8) is 0 Å². The number of carbonyl (C=O) groups is 1. The van der Waals surface area contributed by atoms with Crippen LogP contribution in [0.15, 0.2) is 28.7 Å². The first-order valence-corrected chi connectivity index (χ1v) is 7.98. The van der Waals surface area contributed by atoms with Crippen LogP contribution < -0.4 is 5.32 Å². The largest absolute Gasteiger partial charge is 0.444 e. The van der Waals surface area contributed by atoms with Crippen molar-refractivity contribution in [2.24, 2.45) is 0 Å². The van der Waals surface area contributed by atoms with Gasteiger partial charge in [0.2, 0.25) is 0 Å². The minimum absolute atomic E-state index is 0.243. The molecule has 1 heterocycles. The summed E-state index contributed by atoms with van der Waals surface area (Å²) < 4.78 is 6.53. The van der Waals surface area contributed by atoms with Gasteiger partial charge in [-0.15, -0.1) is 0 Å². The summed E-state index contributed by atoms with van der Waals surface area (Å²) in [5.74, 6) is 0. The molecule has 1 amide bonds. The summed E-state index contributed by atoms with van der Waals surface area (Å²) in [6.07, 6.45) is -0.243. The third-order valence-electron chi connectivity index (χ3n) is 3.54. The Balaban J connectivity index is 2.12. The lowest BCUT2D eigenvalue weighted by molar-refractivity contribution is 0.0133. The Morgan fingerprint density at radius 1 is 1.33 bits per heavy atom. The van der Waals surface area contributed by atoms with Gasteiger partial charge in [-0.05, 0) is 45.4 Å². The highest BCUT2D eigenvalue weighted by Gasteiger charge is 2.35. The monoisotopic (exact) mass is 354 g/mol. The minimum Gasteiger partial charge on any atom is -0.444 e. The first-order chi connectivity index (χ1) is 9.70. The molecule has 1 saturated heterocycles. The maximum atomic E-state index is 12.3. The third-order valence-corrected chi connectivity index (χ3v) is 4.07. The normalized spacial score (nSPS) is 23.0. The van der Waals surface area contributed by atoms with Crippen molar-refractivity contribution in [3.8, 4) is 0 Å². The van der Waals surface area contributed by atoms with Gasteiger partial charge in [0, 0.05) is 24.1 Å². The first kappa shape index (κ1) is 16.3. The average Bonchev–Trinajstić information content (AvgIpc) is 2.37. The molecule has 0 radical (unpaired) electrons. The standard InChI is InChI=1S/C16H23BrN2O2/c1-15(2,3)21-14(20)19-10-9-18-16(4,11-19)12-5-7-13(17)8-6-12/h5-8,18H,9-11H2,1-4H3/t16-/m0/s1. The van der Waals surface area contributed by atoms with Gasteiger partial charge in [-0.2, -0.15) is 0 Å². The van der Waals surface area contributed by atoms with E-state index in [0.29, 0.717) is 13.1 Å². The molecular formula is C16H23BrN2O2. The number of benzene rings is 1. The maximum absolute atomic E-state index is 12.3. The van der Waals surface area contributed by atoms with Gasteiger partial charge in [-0.1, -0.05) is 28.1 Å². The smallest absolute Gasteiger partial charge is 0.410 e. The van der Waals surface area contributed by atoms with Crippen molar-refractivity contribution in [2.45, 2.75) is 38.8 Å². The lowest BCUT2D eigenvalue weighted by Gasteiger charge is -2.42. The molecule has 0 aromatic heterocycles. The zero-order valence-electron chi connectivity index (χ0n) is 13.1. The fourth-order valence-electron chi connectivity index (χ4n) is 2.48. The number of piperazine rings is 1. The Morgan fingerprint density at radius 3 is 2.52 bits per heavy atom. The van der Waals surface area contributed by atoms with Crippen LogP contribution in [0.5, 0.6) is 0 Å². The second-order valence-electron chi connectivity index (χ2n) is 6.67. The summed E-state index contributed by atoms with van der Waals surface area (Å²) in [5.41, 5.74) is 0.449. The van der Waals surface area contributed by atoms with Crippen LogP contribution in [0.1, 0.15) is 33.3 Å². The molecule has 1 aromatic carbocycles. The van der Waals surface area contributed by atoms with Crippen molar-refractivity contribution in [1.82, 2.24) is 10.2 Å². The van der Waals surface area contributed by atoms with Crippen LogP contribution in [0.2, 0.25) is 0 Å². The van der Waals surface area contributed by atoms with E-state index >= 15 is 0 Å². The van der Waals surface area contributed by atoms with E-state index in [0.717, 1.165) is 11.0 Å². The van der Waals surface area contributed by atoms with E-state index in [-0.39, 0.29) is 11.6 Å². The Hall–Kier alpha value is -1.07. The van der Waals surface area contributed by atoms with Crippen molar-refractivity contribution < 1.29 is 9.53 Å². The lowest BCUT2D eigenvalue weighted by Crippen LogP contribution is -2.58. The summed E-state index contributed by atoms with van der Waals surface area (Å²) in [6.45, 7) is 9.81. The summed E-state index contributed by atoms with van der Waals surface area (Å²) in [6, 6.07) is 8.20. The van der Waals surface area contributed by atoms with Gasteiger partial charge in [-0.25, -0.2) is 4.79 Å². The van der Waals surface area contributed by atoms with E-state index in [1.54, 1.807) is 4.90 Å². The van der Waals surface area contributed by atoms with Gasteiger partial charge >= 0.3 is 6.09 Å². The third kappa shape index (κ3) is 4.20. The Bertz CT molecular complexity index is 510. The molecule has 1 atom stereocenters. The molecule has 116 valence electrons. The summed E-state index contributed by atoms with van der Waals surface area (Å²) in [4.78, 5) is 14.0. The molecule has 2 rings (SSSR count). The zero-order chi connectivity index (χ0) is 15.7. The van der Waals surface area contributed by atoms with E-state index in [1.165, 1.54) is 5.56 Å². The average molecular weight is 355 g/mol. The molecule has 0 aliphatic carbocycles. The number of rotatable bonds is 1. The van der Waals surface area contributed by atoms with Crippen molar-refractivity contribution in [2.75, 3.05) is 19.6 Å². The predicted octanol–water partition coefficient (Wildman–Crippen LogP) is 3.50. The highest BCUT2D eigenvalue weighted by Crippen LogP contribution is 2.26. The molecule has 4 nitrogen and oxygen atoms in total. The van der Waals surface area contributed by atoms with E-state index < -0.39 is 5.60 Å². The molecule has 1 aromatic rings. The number of nitrogens with one attached hydrogen (secondary N) is 1. The number of nitrogens with zero attached hydrogens (tertiary/aromatic N) is 1. The second-order valence-corrected chi connectivity index (χ2v) is 7.58. The van der Waals surface area contributed by atoms with Crippen LogP contribution in [0.25, 0.3) is 0 Å². The van der Waals surface area contributed by atoms with Gasteiger partial charge in [-0.3, -0.25) is 0 Å². The topological polar surface area (TPSA) is 41.6 Å². The van der Waals surface area contributed by atoms with E-state index in [4.69, 9.17) is 4.74 Å². The van der Waals surface area contributed by atoms with Crippen molar-refractivity contribution in [1.29, 1.82) is 0 Å². The van der Waals surface area contributed by atoms with E-state index in [1.807, 2.05) is 32.9 Å². The van der Waals surface area contributed by atoms with Gasteiger partial charge in [0.15, 0.2) is 0 Å². The Kier molecular flexibility index (Phi) is 4.63. The predicted molar refractivity (Wildman–Crippen MR) is 87.3 cm³/mol. The van der Waals surface area contributed by atoms with Gasteiger partial charge in [0.25, 0.3) is 0 Å². The van der Waals surface area contributed by atoms with Crippen LogP contribution in [0, 0.1) is 0 Å². The molecule has 1 fully saturated rings. The number of hydrogen-bond acceptors (Lipinski definition) is 3. The molecular weight excluding hydrogens is 332 g/mol. The number of hydrogen-bond donors (Lipinski definition) is 1. The second kappa shape index (κ2) is 5.97.